The number of hydrogen-bond donors (Lipinski definition) is 1. The first kappa shape index (κ1) is 23.5. The van der Waals surface area contributed by atoms with Crippen LogP contribution < -0.4 is 5.32 Å². The lowest BCUT2D eigenvalue weighted by Crippen LogP contribution is -2.31. The Labute approximate surface area is 200 Å². The van der Waals surface area contributed by atoms with Crippen LogP contribution in [0.2, 0.25) is 0 Å². The van der Waals surface area contributed by atoms with Crippen molar-refractivity contribution in [1.82, 2.24) is 10.2 Å². The number of nitrogens with zero attached hydrogens (tertiary/aromatic N) is 1. The lowest BCUT2D eigenvalue weighted by molar-refractivity contribution is -0.136. The van der Waals surface area contributed by atoms with Gasteiger partial charge in [0.05, 0.1) is 6.10 Å². The summed E-state index contributed by atoms with van der Waals surface area (Å²) < 4.78 is 6.08. The Bertz CT molecular complexity index is 1140. The number of carbonyl (C=O) groups is 3. The molecular formula is C28H28N2O4. The molecule has 1 unspecified atom stereocenters. The van der Waals surface area contributed by atoms with Gasteiger partial charge in [-0.15, -0.1) is 0 Å². The molecule has 3 amide bonds. The minimum atomic E-state index is -0.247. The second-order valence-electron chi connectivity index (χ2n) is 8.42. The lowest BCUT2D eigenvalue weighted by atomic mass is 9.92. The van der Waals surface area contributed by atoms with Gasteiger partial charge in [0, 0.05) is 42.8 Å². The summed E-state index contributed by atoms with van der Waals surface area (Å²) in [4.78, 5) is 36.7. The number of unbranched alkanes of at least 4 members (excludes halogenated alkanes) is 3. The lowest BCUT2D eigenvalue weighted by Gasteiger charge is -2.21. The second-order valence-corrected chi connectivity index (χ2v) is 8.42. The van der Waals surface area contributed by atoms with E-state index >= 15 is 0 Å². The van der Waals surface area contributed by atoms with E-state index in [1.54, 1.807) is 0 Å². The fourth-order valence-electron chi connectivity index (χ4n) is 4.16. The molecule has 0 saturated carbocycles. The maximum absolute atomic E-state index is 12.4. The minimum absolute atomic E-state index is 0.0131. The summed E-state index contributed by atoms with van der Waals surface area (Å²) in [6.07, 6.45) is 6.43. The number of nitrogens with one attached hydrogen (secondary N) is 1. The molecule has 0 saturated heterocycles. The molecule has 34 heavy (non-hydrogen) atoms. The second kappa shape index (κ2) is 11.4. The van der Waals surface area contributed by atoms with Crippen molar-refractivity contribution in [1.29, 1.82) is 0 Å². The molecule has 174 valence electrons. The summed E-state index contributed by atoms with van der Waals surface area (Å²) in [7, 11) is 0. The van der Waals surface area contributed by atoms with Crippen molar-refractivity contribution in [2.45, 2.75) is 38.2 Å². The molecule has 1 atom stereocenters. The maximum atomic E-state index is 12.4. The summed E-state index contributed by atoms with van der Waals surface area (Å²) in [5, 5.41) is 2.92. The van der Waals surface area contributed by atoms with E-state index in [1.165, 1.54) is 17.1 Å². The predicted molar refractivity (Wildman–Crippen MR) is 129 cm³/mol. The molecule has 0 spiro atoms. The Morgan fingerprint density at radius 2 is 1.59 bits per heavy atom. The van der Waals surface area contributed by atoms with E-state index in [0.29, 0.717) is 19.5 Å². The Balaban J connectivity index is 1.20. The monoisotopic (exact) mass is 456 g/mol. The van der Waals surface area contributed by atoms with Gasteiger partial charge >= 0.3 is 0 Å². The van der Waals surface area contributed by atoms with E-state index < -0.39 is 0 Å². The van der Waals surface area contributed by atoms with Crippen LogP contribution >= 0.6 is 0 Å². The van der Waals surface area contributed by atoms with Gasteiger partial charge in [-0.3, -0.25) is 19.3 Å². The fourth-order valence-corrected chi connectivity index (χ4v) is 4.16. The molecule has 0 fully saturated rings. The number of benzene rings is 2. The van der Waals surface area contributed by atoms with Crippen molar-refractivity contribution in [2.24, 2.45) is 0 Å². The van der Waals surface area contributed by atoms with Crippen LogP contribution in [-0.2, 0) is 25.5 Å². The standard InChI is InChI=1S/C28H28N2O4/c31-26(29-17-7-1-2-8-18-30-27(32)15-16-28(30)33)20-34-25-19-23-11-4-3-9-21(23)13-14-22-10-5-6-12-24(22)25/h3-6,9-12,15-16,25H,1-2,7-8,17-20H2,(H,29,31). The molecule has 1 heterocycles. The zero-order valence-electron chi connectivity index (χ0n) is 19.1. The van der Waals surface area contributed by atoms with Gasteiger partial charge in [0.2, 0.25) is 5.91 Å². The highest BCUT2D eigenvalue weighted by molar-refractivity contribution is 6.12. The summed E-state index contributed by atoms with van der Waals surface area (Å²) in [5.74, 6) is 5.88. The first-order valence-electron chi connectivity index (χ1n) is 11.7. The largest absolute Gasteiger partial charge is 0.363 e. The van der Waals surface area contributed by atoms with Gasteiger partial charge in [0.25, 0.3) is 11.8 Å². The van der Waals surface area contributed by atoms with Crippen LogP contribution in [0.25, 0.3) is 0 Å². The highest BCUT2D eigenvalue weighted by Gasteiger charge is 2.22. The van der Waals surface area contributed by atoms with Crippen molar-refractivity contribution in [3.05, 3.63) is 82.9 Å². The van der Waals surface area contributed by atoms with Crippen LogP contribution in [0.1, 0.15) is 54.0 Å². The van der Waals surface area contributed by atoms with Gasteiger partial charge in [0.1, 0.15) is 6.61 Å². The van der Waals surface area contributed by atoms with Crippen molar-refractivity contribution < 1.29 is 19.1 Å². The normalized spacial score (nSPS) is 16.2. The van der Waals surface area contributed by atoms with Crippen LogP contribution in [0.3, 0.4) is 0 Å². The van der Waals surface area contributed by atoms with Gasteiger partial charge < -0.3 is 10.1 Å². The number of carbonyl (C=O) groups excluding carboxylic acids is 3. The fraction of sp³-hybridized carbons (Fsp3) is 0.321. The predicted octanol–water partition coefficient (Wildman–Crippen LogP) is 3.30. The van der Waals surface area contributed by atoms with Crippen molar-refractivity contribution in [3.8, 4) is 11.8 Å². The van der Waals surface area contributed by atoms with E-state index in [9.17, 15) is 14.4 Å². The Morgan fingerprint density at radius 3 is 2.41 bits per heavy atom. The Morgan fingerprint density at radius 1 is 0.912 bits per heavy atom. The molecule has 1 aliphatic heterocycles. The highest BCUT2D eigenvalue weighted by atomic mass is 16.5. The first-order valence-corrected chi connectivity index (χ1v) is 11.7. The smallest absolute Gasteiger partial charge is 0.253 e. The number of ether oxygens (including phenoxy) is 1. The molecule has 2 aromatic carbocycles. The quantitative estimate of drug-likeness (QED) is 0.338. The number of rotatable bonds is 10. The third-order valence-corrected chi connectivity index (χ3v) is 6.01. The third-order valence-electron chi connectivity index (χ3n) is 6.01. The van der Waals surface area contributed by atoms with Crippen molar-refractivity contribution in [2.75, 3.05) is 19.7 Å². The van der Waals surface area contributed by atoms with E-state index in [2.05, 4.69) is 23.2 Å². The highest BCUT2D eigenvalue weighted by Crippen LogP contribution is 2.28. The molecule has 6 heteroatoms. The molecule has 0 radical (unpaired) electrons. The topological polar surface area (TPSA) is 75.7 Å². The van der Waals surface area contributed by atoms with E-state index in [1.807, 2.05) is 42.5 Å². The van der Waals surface area contributed by atoms with Gasteiger partial charge in [-0.05, 0) is 36.1 Å². The average Bonchev–Trinajstić information content (AvgIpc) is 3.16. The van der Waals surface area contributed by atoms with Crippen LogP contribution in [0.15, 0.2) is 60.7 Å². The first-order chi connectivity index (χ1) is 16.6. The Kier molecular flexibility index (Phi) is 7.90. The maximum Gasteiger partial charge on any atom is 0.253 e. The third kappa shape index (κ3) is 6.00. The molecule has 2 aromatic rings. The van der Waals surface area contributed by atoms with Crippen LogP contribution in [0.4, 0.5) is 0 Å². The number of amides is 3. The van der Waals surface area contributed by atoms with E-state index in [0.717, 1.165) is 47.9 Å². The van der Waals surface area contributed by atoms with Crippen LogP contribution in [-0.4, -0.2) is 42.3 Å². The molecule has 0 bridgehead atoms. The molecule has 4 rings (SSSR count). The van der Waals surface area contributed by atoms with Gasteiger partial charge in [-0.1, -0.05) is 61.1 Å². The summed E-state index contributed by atoms with van der Waals surface area (Å²) in [6.45, 7) is 1.00. The number of imide groups is 1. The summed E-state index contributed by atoms with van der Waals surface area (Å²) in [6, 6.07) is 16.0. The number of hydrogen-bond acceptors (Lipinski definition) is 4. The van der Waals surface area contributed by atoms with Crippen LogP contribution in [0.5, 0.6) is 0 Å². The van der Waals surface area contributed by atoms with Crippen LogP contribution in [0, 0.1) is 11.8 Å². The van der Waals surface area contributed by atoms with Gasteiger partial charge in [-0.25, -0.2) is 0 Å². The molecule has 1 N–H and O–H groups in total. The zero-order valence-corrected chi connectivity index (χ0v) is 19.1. The molecule has 0 aromatic heterocycles. The average molecular weight is 457 g/mol. The molecular weight excluding hydrogens is 428 g/mol. The Hall–Kier alpha value is -3.69. The van der Waals surface area contributed by atoms with E-state index in [-0.39, 0.29) is 30.4 Å². The van der Waals surface area contributed by atoms with Gasteiger partial charge in [-0.2, -0.15) is 0 Å². The molecule has 1 aliphatic carbocycles. The van der Waals surface area contributed by atoms with Crippen molar-refractivity contribution in [3.63, 3.8) is 0 Å². The minimum Gasteiger partial charge on any atom is -0.363 e. The summed E-state index contributed by atoms with van der Waals surface area (Å²) in [5.41, 5.74) is 4.03. The van der Waals surface area contributed by atoms with Crippen molar-refractivity contribution >= 4 is 17.7 Å². The SMILES string of the molecule is O=C(COC1Cc2ccccc2C#Cc2ccccc21)NCCCCCCN1C(=O)C=CC1=O. The summed E-state index contributed by atoms with van der Waals surface area (Å²) >= 11 is 0. The van der Waals surface area contributed by atoms with E-state index in [4.69, 9.17) is 4.74 Å². The zero-order chi connectivity index (χ0) is 23.8. The van der Waals surface area contributed by atoms with Gasteiger partial charge in [0.15, 0.2) is 0 Å². The number of fused-ring (bicyclic) bond motifs is 2. The molecule has 2 aliphatic rings. The molecule has 6 nitrogen and oxygen atoms in total.